The third kappa shape index (κ3) is 2.09. The van der Waals surface area contributed by atoms with Crippen LogP contribution in [-0.4, -0.2) is 4.98 Å². The molecule has 14 heavy (non-hydrogen) atoms. The SMILES string of the molecule is Fc1ccccc1NCc1cscn1. The van der Waals surface area contributed by atoms with E-state index in [-0.39, 0.29) is 5.82 Å². The maximum atomic E-state index is 13.1. The summed E-state index contributed by atoms with van der Waals surface area (Å²) in [7, 11) is 0. The molecule has 0 saturated heterocycles. The second kappa shape index (κ2) is 4.19. The quantitative estimate of drug-likeness (QED) is 0.838. The lowest BCUT2D eigenvalue weighted by Crippen LogP contribution is -2.01. The van der Waals surface area contributed by atoms with Crippen molar-refractivity contribution in [3.8, 4) is 0 Å². The van der Waals surface area contributed by atoms with E-state index in [2.05, 4.69) is 10.3 Å². The average molecular weight is 208 g/mol. The van der Waals surface area contributed by atoms with Crippen LogP contribution in [0.2, 0.25) is 0 Å². The van der Waals surface area contributed by atoms with Crippen molar-refractivity contribution in [2.75, 3.05) is 5.32 Å². The van der Waals surface area contributed by atoms with E-state index < -0.39 is 0 Å². The van der Waals surface area contributed by atoms with Gasteiger partial charge in [-0.15, -0.1) is 11.3 Å². The molecule has 0 saturated carbocycles. The summed E-state index contributed by atoms with van der Waals surface area (Å²) in [5.41, 5.74) is 3.21. The molecule has 1 aromatic carbocycles. The minimum absolute atomic E-state index is 0.234. The van der Waals surface area contributed by atoms with Gasteiger partial charge in [-0.3, -0.25) is 0 Å². The van der Waals surface area contributed by atoms with E-state index in [0.29, 0.717) is 12.2 Å². The highest BCUT2D eigenvalue weighted by Gasteiger charge is 1.99. The van der Waals surface area contributed by atoms with Gasteiger partial charge in [-0.05, 0) is 12.1 Å². The Morgan fingerprint density at radius 1 is 1.36 bits per heavy atom. The number of thiazole rings is 1. The monoisotopic (exact) mass is 208 g/mol. The van der Waals surface area contributed by atoms with Gasteiger partial charge in [0.05, 0.1) is 23.4 Å². The van der Waals surface area contributed by atoms with Crippen molar-refractivity contribution in [3.63, 3.8) is 0 Å². The maximum absolute atomic E-state index is 13.1. The summed E-state index contributed by atoms with van der Waals surface area (Å²) in [6.45, 7) is 0.560. The Morgan fingerprint density at radius 3 is 2.93 bits per heavy atom. The highest BCUT2D eigenvalue weighted by atomic mass is 32.1. The number of nitrogens with one attached hydrogen (secondary N) is 1. The Morgan fingerprint density at radius 2 is 2.21 bits per heavy atom. The number of benzene rings is 1. The van der Waals surface area contributed by atoms with Crippen LogP contribution in [0.3, 0.4) is 0 Å². The third-order valence-corrected chi connectivity index (χ3v) is 2.45. The van der Waals surface area contributed by atoms with Gasteiger partial charge < -0.3 is 5.32 Å². The number of nitrogens with zero attached hydrogens (tertiary/aromatic N) is 1. The highest BCUT2D eigenvalue weighted by Crippen LogP contribution is 2.13. The predicted molar refractivity (Wildman–Crippen MR) is 55.8 cm³/mol. The molecule has 0 unspecified atom stereocenters. The van der Waals surface area contributed by atoms with Crippen LogP contribution >= 0.6 is 11.3 Å². The molecular weight excluding hydrogens is 199 g/mol. The lowest BCUT2D eigenvalue weighted by atomic mass is 10.3. The number of halogens is 1. The van der Waals surface area contributed by atoms with E-state index in [4.69, 9.17) is 0 Å². The normalized spacial score (nSPS) is 10.1. The smallest absolute Gasteiger partial charge is 0.146 e. The zero-order valence-electron chi connectivity index (χ0n) is 7.40. The van der Waals surface area contributed by atoms with E-state index in [1.807, 2.05) is 5.38 Å². The summed E-state index contributed by atoms with van der Waals surface area (Å²) in [6, 6.07) is 6.61. The average Bonchev–Trinajstić information content (AvgIpc) is 2.69. The van der Waals surface area contributed by atoms with Gasteiger partial charge in [-0.25, -0.2) is 9.37 Å². The molecule has 72 valence electrons. The molecule has 0 spiro atoms. The van der Waals surface area contributed by atoms with Gasteiger partial charge in [0.2, 0.25) is 0 Å². The predicted octanol–water partition coefficient (Wildman–Crippen LogP) is 2.89. The van der Waals surface area contributed by atoms with Crippen LogP contribution < -0.4 is 5.32 Å². The summed E-state index contributed by atoms with van der Waals surface area (Å²) >= 11 is 1.53. The second-order valence-electron chi connectivity index (χ2n) is 2.81. The second-order valence-corrected chi connectivity index (χ2v) is 3.53. The van der Waals surface area contributed by atoms with Crippen molar-refractivity contribution in [1.82, 2.24) is 4.98 Å². The topological polar surface area (TPSA) is 24.9 Å². The molecule has 0 aliphatic rings. The standard InChI is InChI=1S/C10H9FN2S/c11-9-3-1-2-4-10(9)12-5-8-6-14-7-13-8/h1-4,6-7,12H,5H2. The van der Waals surface area contributed by atoms with Crippen molar-refractivity contribution in [3.05, 3.63) is 46.7 Å². The highest BCUT2D eigenvalue weighted by molar-refractivity contribution is 7.07. The molecule has 0 aliphatic heterocycles. The van der Waals surface area contributed by atoms with Crippen LogP contribution in [0, 0.1) is 5.82 Å². The van der Waals surface area contributed by atoms with Gasteiger partial charge in [0.25, 0.3) is 0 Å². The van der Waals surface area contributed by atoms with Crippen molar-refractivity contribution in [2.24, 2.45) is 0 Å². The summed E-state index contributed by atoms with van der Waals surface area (Å²) in [4.78, 5) is 4.09. The van der Waals surface area contributed by atoms with E-state index in [0.717, 1.165) is 5.69 Å². The van der Waals surface area contributed by atoms with Crippen LogP contribution in [-0.2, 0) is 6.54 Å². The fourth-order valence-electron chi connectivity index (χ4n) is 1.12. The zero-order chi connectivity index (χ0) is 9.80. The molecule has 0 aliphatic carbocycles. The fourth-order valence-corrected chi connectivity index (χ4v) is 1.67. The van der Waals surface area contributed by atoms with Crippen molar-refractivity contribution in [1.29, 1.82) is 0 Å². The molecule has 1 N–H and O–H groups in total. The summed E-state index contributed by atoms with van der Waals surface area (Å²) < 4.78 is 13.1. The van der Waals surface area contributed by atoms with Crippen molar-refractivity contribution in [2.45, 2.75) is 6.54 Å². The Bertz CT molecular complexity index is 400. The van der Waals surface area contributed by atoms with Crippen LogP contribution in [0.5, 0.6) is 0 Å². The first kappa shape index (κ1) is 9.15. The Balaban J connectivity index is 2.02. The molecule has 0 atom stereocenters. The molecule has 1 aromatic heterocycles. The Hall–Kier alpha value is -1.42. The molecule has 1 heterocycles. The molecule has 0 radical (unpaired) electrons. The van der Waals surface area contributed by atoms with E-state index in [9.17, 15) is 4.39 Å². The summed E-state index contributed by atoms with van der Waals surface area (Å²) in [5.74, 6) is -0.234. The van der Waals surface area contributed by atoms with Gasteiger partial charge in [0.1, 0.15) is 5.82 Å². The lowest BCUT2D eigenvalue weighted by molar-refractivity contribution is 0.630. The number of para-hydroxylation sites is 1. The minimum atomic E-state index is -0.234. The first-order valence-corrected chi connectivity index (χ1v) is 5.16. The van der Waals surface area contributed by atoms with Crippen molar-refractivity contribution < 1.29 is 4.39 Å². The molecule has 0 bridgehead atoms. The van der Waals surface area contributed by atoms with E-state index in [1.165, 1.54) is 17.4 Å². The number of hydrogen-bond acceptors (Lipinski definition) is 3. The van der Waals surface area contributed by atoms with Gasteiger partial charge in [0, 0.05) is 5.38 Å². The van der Waals surface area contributed by atoms with Crippen LogP contribution in [0.4, 0.5) is 10.1 Å². The Labute approximate surface area is 85.4 Å². The van der Waals surface area contributed by atoms with Crippen molar-refractivity contribution >= 4 is 17.0 Å². The Kier molecular flexibility index (Phi) is 2.74. The molecule has 2 aromatic rings. The number of rotatable bonds is 3. The van der Waals surface area contributed by atoms with Gasteiger partial charge in [-0.1, -0.05) is 12.1 Å². The van der Waals surface area contributed by atoms with Gasteiger partial charge in [-0.2, -0.15) is 0 Å². The summed E-state index contributed by atoms with van der Waals surface area (Å²) in [5, 5.41) is 4.92. The molecule has 0 amide bonds. The first-order chi connectivity index (χ1) is 6.86. The number of aromatic nitrogens is 1. The molecule has 0 fully saturated rings. The number of anilines is 1. The van der Waals surface area contributed by atoms with Gasteiger partial charge >= 0.3 is 0 Å². The van der Waals surface area contributed by atoms with E-state index >= 15 is 0 Å². The molecule has 4 heteroatoms. The number of hydrogen-bond donors (Lipinski definition) is 1. The van der Waals surface area contributed by atoms with Gasteiger partial charge in [0.15, 0.2) is 0 Å². The third-order valence-electron chi connectivity index (χ3n) is 1.82. The zero-order valence-corrected chi connectivity index (χ0v) is 8.22. The maximum Gasteiger partial charge on any atom is 0.146 e. The first-order valence-electron chi connectivity index (χ1n) is 4.22. The molecular formula is C10H9FN2S. The van der Waals surface area contributed by atoms with Crippen LogP contribution in [0.1, 0.15) is 5.69 Å². The summed E-state index contributed by atoms with van der Waals surface area (Å²) in [6.07, 6.45) is 0. The van der Waals surface area contributed by atoms with Crippen LogP contribution in [0.25, 0.3) is 0 Å². The molecule has 2 rings (SSSR count). The molecule has 2 nitrogen and oxygen atoms in total. The van der Waals surface area contributed by atoms with Crippen LogP contribution in [0.15, 0.2) is 35.2 Å². The van der Waals surface area contributed by atoms with E-state index in [1.54, 1.807) is 23.7 Å². The fraction of sp³-hybridized carbons (Fsp3) is 0.100. The lowest BCUT2D eigenvalue weighted by Gasteiger charge is -2.04. The minimum Gasteiger partial charge on any atom is -0.377 e. The largest absolute Gasteiger partial charge is 0.377 e.